The smallest absolute Gasteiger partial charge is 0.338 e. The number of thiocarbonyl (C=S) groups is 1. The number of anilines is 1. The predicted octanol–water partition coefficient (Wildman–Crippen LogP) is 4.13. The summed E-state index contributed by atoms with van der Waals surface area (Å²) in [6.07, 6.45) is 6.86. The Morgan fingerprint density at radius 2 is 2.08 bits per heavy atom. The minimum Gasteiger partial charge on any atom is -0.465 e. The van der Waals surface area contributed by atoms with Gasteiger partial charge in [0.1, 0.15) is 0 Å². The molecule has 0 amide bonds. The fraction of sp³-hybridized carbons (Fsp3) is 0.556. The summed E-state index contributed by atoms with van der Waals surface area (Å²) in [5.74, 6) is 0.729. The molecule has 1 saturated carbocycles. The first-order chi connectivity index (χ1) is 11.6. The van der Waals surface area contributed by atoms with Crippen LogP contribution in [0.25, 0.3) is 0 Å². The molecule has 0 aliphatic heterocycles. The van der Waals surface area contributed by atoms with Gasteiger partial charge in [-0.3, -0.25) is 0 Å². The van der Waals surface area contributed by atoms with E-state index < -0.39 is 0 Å². The highest BCUT2D eigenvalue weighted by Crippen LogP contribution is 2.27. The predicted molar refractivity (Wildman–Crippen MR) is 106 cm³/mol. The summed E-state index contributed by atoms with van der Waals surface area (Å²) in [6.45, 7) is 2.73. The van der Waals surface area contributed by atoms with Gasteiger partial charge >= 0.3 is 5.97 Å². The molecule has 1 aromatic carbocycles. The van der Waals surface area contributed by atoms with Crippen LogP contribution < -0.4 is 10.6 Å². The van der Waals surface area contributed by atoms with Crippen molar-refractivity contribution in [2.45, 2.75) is 44.3 Å². The minimum atomic E-state index is -0.334. The zero-order valence-corrected chi connectivity index (χ0v) is 16.0. The zero-order valence-electron chi connectivity index (χ0n) is 14.4. The highest BCUT2D eigenvalue weighted by molar-refractivity contribution is 7.99. The van der Waals surface area contributed by atoms with Crippen molar-refractivity contribution < 1.29 is 9.53 Å². The van der Waals surface area contributed by atoms with Crippen LogP contribution in [0.4, 0.5) is 5.69 Å². The minimum absolute atomic E-state index is 0.334. The summed E-state index contributed by atoms with van der Waals surface area (Å²) in [5.41, 5.74) is 2.22. The lowest BCUT2D eigenvalue weighted by Gasteiger charge is -2.21. The standard InChI is InChI=1S/C18H26N2O2S2/c1-13-15(17(21)22-2)9-6-10-16(13)20-18(23)19-11-12-24-14-7-4-3-5-8-14/h6,9-10,14H,3-5,7-8,11-12H2,1-2H3,(H2,19,20,23). The van der Waals surface area contributed by atoms with E-state index in [1.165, 1.54) is 39.2 Å². The molecule has 0 aromatic heterocycles. The molecule has 2 rings (SSSR count). The van der Waals surface area contributed by atoms with Gasteiger partial charge in [-0.2, -0.15) is 11.8 Å². The highest BCUT2D eigenvalue weighted by Gasteiger charge is 2.14. The van der Waals surface area contributed by atoms with Gasteiger partial charge in [0.2, 0.25) is 0 Å². The summed E-state index contributed by atoms with van der Waals surface area (Å²) >= 11 is 7.40. The van der Waals surface area contributed by atoms with Gasteiger partial charge in [-0.1, -0.05) is 25.3 Å². The summed E-state index contributed by atoms with van der Waals surface area (Å²) in [4.78, 5) is 11.7. The Morgan fingerprint density at radius 3 is 2.79 bits per heavy atom. The largest absolute Gasteiger partial charge is 0.465 e. The third kappa shape index (κ3) is 5.67. The second-order valence-electron chi connectivity index (χ2n) is 5.98. The van der Waals surface area contributed by atoms with E-state index in [4.69, 9.17) is 17.0 Å². The van der Waals surface area contributed by atoms with Gasteiger partial charge in [0, 0.05) is 23.2 Å². The molecule has 1 aliphatic carbocycles. The molecule has 0 atom stereocenters. The lowest BCUT2D eigenvalue weighted by atomic mass is 10.0. The van der Waals surface area contributed by atoms with Crippen LogP contribution in [0, 0.1) is 6.92 Å². The van der Waals surface area contributed by atoms with Crippen LogP contribution in [-0.4, -0.2) is 35.7 Å². The Hall–Kier alpha value is -1.27. The fourth-order valence-electron chi connectivity index (χ4n) is 2.89. The number of thioether (sulfide) groups is 1. The molecule has 6 heteroatoms. The van der Waals surface area contributed by atoms with Gasteiger partial charge < -0.3 is 15.4 Å². The van der Waals surface area contributed by atoms with E-state index in [0.29, 0.717) is 10.7 Å². The number of nitrogens with one attached hydrogen (secondary N) is 2. The Kier molecular flexibility index (Phi) is 7.85. The maximum Gasteiger partial charge on any atom is 0.338 e. The van der Waals surface area contributed by atoms with E-state index in [9.17, 15) is 4.79 Å². The first kappa shape index (κ1) is 19.1. The normalized spacial score (nSPS) is 14.9. The lowest BCUT2D eigenvalue weighted by Crippen LogP contribution is -2.31. The Balaban J connectivity index is 1.76. The summed E-state index contributed by atoms with van der Waals surface area (Å²) < 4.78 is 4.80. The van der Waals surface area contributed by atoms with Crippen molar-refractivity contribution >= 4 is 40.7 Å². The average molecular weight is 367 g/mol. The van der Waals surface area contributed by atoms with Gasteiger partial charge in [0.15, 0.2) is 5.11 Å². The van der Waals surface area contributed by atoms with E-state index >= 15 is 0 Å². The number of ether oxygens (including phenoxy) is 1. The SMILES string of the molecule is COC(=O)c1cccc(NC(=S)NCCSC2CCCCC2)c1C. The lowest BCUT2D eigenvalue weighted by molar-refractivity contribution is 0.0600. The number of methoxy groups -OCH3 is 1. The van der Waals surface area contributed by atoms with Crippen LogP contribution in [0.5, 0.6) is 0 Å². The molecule has 0 spiro atoms. The van der Waals surface area contributed by atoms with Crippen molar-refractivity contribution in [2.75, 3.05) is 24.7 Å². The molecule has 4 nitrogen and oxygen atoms in total. The summed E-state index contributed by atoms with van der Waals surface area (Å²) in [7, 11) is 1.39. The molecule has 0 heterocycles. The molecule has 0 bridgehead atoms. The molecule has 132 valence electrons. The molecule has 1 fully saturated rings. The Bertz CT molecular complexity index is 572. The van der Waals surface area contributed by atoms with Crippen LogP contribution in [0.1, 0.15) is 48.0 Å². The van der Waals surface area contributed by atoms with Gasteiger partial charge in [-0.05, 0) is 49.7 Å². The number of rotatable bonds is 6. The number of benzene rings is 1. The van der Waals surface area contributed by atoms with Gasteiger partial charge in [-0.15, -0.1) is 0 Å². The monoisotopic (exact) mass is 366 g/mol. The van der Waals surface area contributed by atoms with Gasteiger partial charge in [0.05, 0.1) is 12.7 Å². The molecule has 0 unspecified atom stereocenters. The van der Waals surface area contributed by atoms with Gasteiger partial charge in [-0.25, -0.2) is 4.79 Å². The number of hydrogen-bond acceptors (Lipinski definition) is 4. The van der Waals surface area contributed by atoms with Crippen molar-refractivity contribution in [3.8, 4) is 0 Å². The maximum atomic E-state index is 11.7. The summed E-state index contributed by atoms with van der Waals surface area (Å²) in [6, 6.07) is 5.49. The highest BCUT2D eigenvalue weighted by atomic mass is 32.2. The van der Waals surface area contributed by atoms with Crippen LogP contribution in [0.3, 0.4) is 0 Å². The van der Waals surface area contributed by atoms with E-state index in [2.05, 4.69) is 10.6 Å². The molecule has 1 aromatic rings. The summed E-state index contributed by atoms with van der Waals surface area (Å²) in [5, 5.41) is 7.82. The van der Waals surface area contributed by atoms with Crippen LogP contribution in [0.2, 0.25) is 0 Å². The van der Waals surface area contributed by atoms with Crippen LogP contribution >= 0.6 is 24.0 Å². The zero-order chi connectivity index (χ0) is 17.4. The van der Waals surface area contributed by atoms with Crippen molar-refractivity contribution in [1.29, 1.82) is 0 Å². The third-order valence-corrected chi connectivity index (χ3v) is 5.91. The Morgan fingerprint density at radius 1 is 1.33 bits per heavy atom. The molecule has 2 N–H and O–H groups in total. The molecular weight excluding hydrogens is 340 g/mol. The van der Waals surface area contributed by atoms with Crippen molar-refractivity contribution in [1.82, 2.24) is 5.32 Å². The van der Waals surface area contributed by atoms with E-state index in [-0.39, 0.29) is 5.97 Å². The molecule has 24 heavy (non-hydrogen) atoms. The number of esters is 1. The van der Waals surface area contributed by atoms with Crippen LogP contribution in [0.15, 0.2) is 18.2 Å². The number of carbonyl (C=O) groups excluding carboxylic acids is 1. The Labute approximate surface area is 154 Å². The maximum absolute atomic E-state index is 11.7. The van der Waals surface area contributed by atoms with Gasteiger partial charge in [0.25, 0.3) is 0 Å². The topological polar surface area (TPSA) is 50.4 Å². The van der Waals surface area contributed by atoms with Crippen LogP contribution in [-0.2, 0) is 4.74 Å². The van der Waals surface area contributed by atoms with E-state index in [1.54, 1.807) is 6.07 Å². The molecule has 0 radical (unpaired) electrons. The van der Waals surface area contributed by atoms with Crippen molar-refractivity contribution in [3.63, 3.8) is 0 Å². The second-order valence-corrected chi connectivity index (χ2v) is 7.80. The second kappa shape index (κ2) is 9.89. The van der Waals surface area contributed by atoms with E-state index in [0.717, 1.165) is 28.8 Å². The molecule has 0 saturated heterocycles. The first-order valence-electron chi connectivity index (χ1n) is 8.46. The van der Waals surface area contributed by atoms with Crippen molar-refractivity contribution in [2.24, 2.45) is 0 Å². The third-order valence-electron chi connectivity index (χ3n) is 4.28. The van der Waals surface area contributed by atoms with Crippen molar-refractivity contribution in [3.05, 3.63) is 29.3 Å². The first-order valence-corrected chi connectivity index (χ1v) is 9.92. The van der Waals surface area contributed by atoms with E-state index in [1.807, 2.05) is 30.8 Å². The quantitative estimate of drug-likeness (QED) is 0.448. The number of hydrogen-bond donors (Lipinski definition) is 2. The fourth-order valence-corrected chi connectivity index (χ4v) is 4.32. The molecule has 1 aliphatic rings. The number of carbonyl (C=O) groups is 1. The molecular formula is C18H26N2O2S2. The average Bonchev–Trinajstić information content (AvgIpc) is 2.61.